The first-order chi connectivity index (χ1) is 14.4. The molecule has 1 saturated heterocycles. The van der Waals surface area contributed by atoms with Crippen LogP contribution in [0.4, 0.5) is 11.4 Å². The second kappa shape index (κ2) is 9.74. The topological polar surface area (TPSA) is 75.5 Å². The molecule has 1 aliphatic heterocycles. The van der Waals surface area contributed by atoms with Crippen molar-refractivity contribution in [3.63, 3.8) is 0 Å². The predicted molar refractivity (Wildman–Crippen MR) is 120 cm³/mol. The molecule has 1 amide bonds. The van der Waals surface area contributed by atoms with Gasteiger partial charge in [-0.25, -0.2) is 0 Å². The molecular weight excluding hydrogens is 378 g/mol. The van der Waals surface area contributed by atoms with E-state index in [1.54, 1.807) is 12.1 Å². The number of rotatable bonds is 7. The summed E-state index contributed by atoms with van der Waals surface area (Å²) < 4.78 is 0. The van der Waals surface area contributed by atoms with E-state index in [1.807, 2.05) is 11.0 Å². The van der Waals surface area contributed by atoms with Gasteiger partial charge >= 0.3 is 0 Å². The van der Waals surface area contributed by atoms with Crippen molar-refractivity contribution >= 4 is 17.3 Å². The van der Waals surface area contributed by atoms with Gasteiger partial charge in [-0.05, 0) is 42.4 Å². The summed E-state index contributed by atoms with van der Waals surface area (Å²) in [4.78, 5) is 26.0. The Morgan fingerprint density at radius 1 is 1.13 bits per heavy atom. The van der Waals surface area contributed by atoms with Crippen LogP contribution in [0.1, 0.15) is 50.8 Å². The molecule has 2 aromatic rings. The lowest BCUT2D eigenvalue weighted by Crippen LogP contribution is -2.42. The van der Waals surface area contributed by atoms with Crippen LogP contribution in [0.2, 0.25) is 0 Å². The van der Waals surface area contributed by atoms with Crippen LogP contribution < -0.4 is 10.2 Å². The Morgan fingerprint density at radius 3 is 2.33 bits per heavy atom. The number of carbonyl (C=O) groups excluding carboxylic acids is 1. The van der Waals surface area contributed by atoms with Gasteiger partial charge in [0.1, 0.15) is 5.69 Å². The minimum atomic E-state index is -0.342. The van der Waals surface area contributed by atoms with Crippen LogP contribution in [0.5, 0.6) is 0 Å². The van der Waals surface area contributed by atoms with Gasteiger partial charge in [0.15, 0.2) is 0 Å². The largest absolute Gasteiger partial charge is 0.366 e. The van der Waals surface area contributed by atoms with E-state index in [4.69, 9.17) is 0 Å². The summed E-state index contributed by atoms with van der Waals surface area (Å²) in [6.45, 7) is 7.65. The Kier molecular flexibility index (Phi) is 7.08. The van der Waals surface area contributed by atoms with Crippen LogP contribution in [-0.4, -0.2) is 23.9 Å². The summed E-state index contributed by atoms with van der Waals surface area (Å²) in [7, 11) is 0. The maximum Gasteiger partial charge on any atom is 0.292 e. The number of hydrogen-bond donors (Lipinski definition) is 1. The van der Waals surface area contributed by atoms with Crippen LogP contribution >= 0.6 is 0 Å². The Bertz CT molecular complexity index is 872. The van der Waals surface area contributed by atoms with Gasteiger partial charge < -0.3 is 10.2 Å². The number of hydrogen-bond acceptors (Lipinski definition) is 4. The lowest BCUT2D eigenvalue weighted by atomic mass is 9.91. The van der Waals surface area contributed by atoms with Gasteiger partial charge in [-0.1, -0.05) is 57.2 Å². The smallest absolute Gasteiger partial charge is 0.292 e. The molecule has 0 saturated carbocycles. The average Bonchev–Trinajstić information content (AvgIpc) is 2.77. The molecule has 0 aliphatic carbocycles. The highest BCUT2D eigenvalue weighted by Crippen LogP contribution is 2.31. The number of nitro groups is 1. The summed E-state index contributed by atoms with van der Waals surface area (Å²) in [6, 6.07) is 15.3. The molecule has 0 spiro atoms. The zero-order valence-corrected chi connectivity index (χ0v) is 18.0. The average molecular weight is 410 g/mol. The fraction of sp³-hybridized carbons (Fsp3) is 0.458. The minimum Gasteiger partial charge on any atom is -0.366 e. The third kappa shape index (κ3) is 4.99. The number of para-hydroxylation sites is 2. The van der Waals surface area contributed by atoms with Crippen LogP contribution in [0, 0.1) is 22.0 Å². The van der Waals surface area contributed by atoms with Crippen molar-refractivity contribution in [1.82, 2.24) is 5.32 Å². The quantitative estimate of drug-likeness (QED) is 0.522. The second-order valence-electron chi connectivity index (χ2n) is 8.33. The van der Waals surface area contributed by atoms with Gasteiger partial charge in [-0.3, -0.25) is 14.9 Å². The maximum absolute atomic E-state index is 13.0. The lowest BCUT2D eigenvalue weighted by molar-refractivity contribution is -0.384. The molecule has 1 unspecified atom stereocenters. The SMILES string of the molecule is CCc1ccc(C(NC(=O)C2CCN(c3ccccc3[N+](=O)[O-])CC2)C(C)C)cc1. The first-order valence-electron chi connectivity index (χ1n) is 10.8. The highest BCUT2D eigenvalue weighted by Gasteiger charge is 2.30. The van der Waals surface area contributed by atoms with E-state index in [-0.39, 0.29) is 34.4 Å². The maximum atomic E-state index is 13.0. The highest BCUT2D eigenvalue weighted by atomic mass is 16.6. The summed E-state index contributed by atoms with van der Waals surface area (Å²) >= 11 is 0. The fourth-order valence-corrected chi connectivity index (χ4v) is 4.14. The van der Waals surface area contributed by atoms with Crippen LogP contribution in [0.3, 0.4) is 0 Å². The van der Waals surface area contributed by atoms with Crippen molar-refractivity contribution in [2.75, 3.05) is 18.0 Å². The third-order valence-electron chi connectivity index (χ3n) is 6.00. The molecule has 6 heteroatoms. The third-order valence-corrected chi connectivity index (χ3v) is 6.00. The standard InChI is InChI=1S/C24H31N3O3/c1-4-18-9-11-19(12-10-18)23(17(2)3)25-24(28)20-13-15-26(16-14-20)21-7-5-6-8-22(21)27(29)30/h5-12,17,20,23H,4,13-16H2,1-3H3,(H,25,28). The van der Waals surface area contributed by atoms with Gasteiger partial charge in [-0.15, -0.1) is 0 Å². The lowest BCUT2D eigenvalue weighted by Gasteiger charge is -2.34. The highest BCUT2D eigenvalue weighted by molar-refractivity contribution is 5.79. The van der Waals surface area contributed by atoms with E-state index in [1.165, 1.54) is 11.6 Å². The predicted octanol–water partition coefficient (Wildman–Crippen LogP) is 4.89. The number of aryl methyl sites for hydroxylation is 1. The van der Waals surface area contributed by atoms with Gasteiger partial charge in [0, 0.05) is 25.1 Å². The van der Waals surface area contributed by atoms with Crippen molar-refractivity contribution in [2.45, 2.75) is 46.1 Å². The molecule has 3 rings (SSSR count). The minimum absolute atomic E-state index is 0.0170. The molecule has 0 aromatic heterocycles. The number of amides is 1. The molecule has 1 aliphatic rings. The fourth-order valence-electron chi connectivity index (χ4n) is 4.14. The second-order valence-corrected chi connectivity index (χ2v) is 8.33. The van der Waals surface area contributed by atoms with E-state index in [9.17, 15) is 14.9 Å². The van der Waals surface area contributed by atoms with Gasteiger partial charge in [0.05, 0.1) is 11.0 Å². The number of nitrogens with one attached hydrogen (secondary N) is 1. The summed E-state index contributed by atoms with van der Waals surface area (Å²) in [5.74, 6) is 0.296. The van der Waals surface area contributed by atoms with E-state index in [2.05, 4.69) is 50.4 Å². The van der Waals surface area contributed by atoms with Crippen LogP contribution in [0.15, 0.2) is 48.5 Å². The van der Waals surface area contributed by atoms with Crippen molar-refractivity contribution in [3.05, 3.63) is 69.8 Å². The van der Waals surface area contributed by atoms with Gasteiger partial charge in [0.2, 0.25) is 5.91 Å². The van der Waals surface area contributed by atoms with E-state index >= 15 is 0 Å². The van der Waals surface area contributed by atoms with E-state index in [0.29, 0.717) is 31.6 Å². The number of nitrogens with zero attached hydrogens (tertiary/aromatic N) is 2. The zero-order chi connectivity index (χ0) is 21.7. The number of carbonyl (C=O) groups is 1. The molecule has 0 bridgehead atoms. The number of nitro benzene ring substituents is 1. The van der Waals surface area contributed by atoms with Crippen molar-refractivity contribution in [3.8, 4) is 0 Å². The molecular formula is C24H31N3O3. The number of piperidine rings is 1. The molecule has 1 fully saturated rings. The van der Waals surface area contributed by atoms with E-state index in [0.717, 1.165) is 12.0 Å². The number of benzene rings is 2. The van der Waals surface area contributed by atoms with Crippen molar-refractivity contribution < 1.29 is 9.72 Å². The molecule has 6 nitrogen and oxygen atoms in total. The Hall–Kier alpha value is -2.89. The van der Waals surface area contributed by atoms with Crippen molar-refractivity contribution in [2.24, 2.45) is 11.8 Å². The zero-order valence-electron chi connectivity index (χ0n) is 18.0. The Labute approximate surface area is 178 Å². The summed E-state index contributed by atoms with van der Waals surface area (Å²) in [5.41, 5.74) is 3.18. The number of anilines is 1. The molecule has 30 heavy (non-hydrogen) atoms. The van der Waals surface area contributed by atoms with Crippen molar-refractivity contribution in [1.29, 1.82) is 0 Å². The monoisotopic (exact) mass is 409 g/mol. The first kappa shape index (κ1) is 21.8. The molecule has 1 atom stereocenters. The Balaban J connectivity index is 1.63. The van der Waals surface area contributed by atoms with Crippen LogP contribution in [-0.2, 0) is 11.2 Å². The molecule has 2 aromatic carbocycles. The van der Waals surface area contributed by atoms with Gasteiger partial charge in [-0.2, -0.15) is 0 Å². The van der Waals surface area contributed by atoms with E-state index < -0.39 is 0 Å². The molecule has 0 radical (unpaired) electrons. The Morgan fingerprint density at radius 2 is 1.77 bits per heavy atom. The summed E-state index contributed by atoms with van der Waals surface area (Å²) in [5, 5.41) is 14.6. The molecule has 1 heterocycles. The molecule has 1 N–H and O–H groups in total. The molecule has 160 valence electrons. The summed E-state index contributed by atoms with van der Waals surface area (Å²) in [6.07, 6.45) is 2.38. The first-order valence-corrected chi connectivity index (χ1v) is 10.8. The normalized spacial score (nSPS) is 15.8. The van der Waals surface area contributed by atoms with Gasteiger partial charge in [0.25, 0.3) is 5.69 Å². The van der Waals surface area contributed by atoms with Crippen LogP contribution in [0.25, 0.3) is 0 Å².